The number of hydrogen-bond donors (Lipinski definition) is 2. The van der Waals surface area contributed by atoms with E-state index in [1.165, 1.54) is 0 Å². The van der Waals surface area contributed by atoms with E-state index in [4.69, 9.17) is 0 Å². The molecule has 1 amide bonds. The molecule has 1 unspecified atom stereocenters. The zero-order valence-electron chi connectivity index (χ0n) is 13.3. The molecule has 2 aromatic carbocycles. The molecule has 1 heterocycles. The monoisotopic (exact) mass is 338 g/mol. The van der Waals surface area contributed by atoms with Gasteiger partial charge in [0.25, 0.3) is 11.5 Å². The summed E-state index contributed by atoms with van der Waals surface area (Å²) >= 11 is 1.66. The molecule has 0 aliphatic heterocycles. The standard InChI is InChI=1S/C19H18N2O2S/c1-24-12-17(13-7-3-2-4-8-13)21-19(23)16-11-14-9-5-6-10-15(14)18(22)20-16/h2-11,17H,12H2,1H3,(H,20,22)(H,21,23). The third kappa shape index (κ3) is 3.51. The maximum Gasteiger partial charge on any atom is 0.268 e. The van der Waals surface area contributed by atoms with E-state index >= 15 is 0 Å². The summed E-state index contributed by atoms with van der Waals surface area (Å²) in [7, 11) is 0. The van der Waals surface area contributed by atoms with Crippen molar-refractivity contribution in [2.45, 2.75) is 6.04 Å². The van der Waals surface area contributed by atoms with Crippen LogP contribution < -0.4 is 10.9 Å². The van der Waals surface area contributed by atoms with Gasteiger partial charge in [0, 0.05) is 11.1 Å². The van der Waals surface area contributed by atoms with E-state index in [1.807, 2.05) is 48.7 Å². The number of rotatable bonds is 5. The number of thioether (sulfide) groups is 1. The summed E-state index contributed by atoms with van der Waals surface area (Å²) in [5, 5.41) is 4.35. The summed E-state index contributed by atoms with van der Waals surface area (Å²) in [5.41, 5.74) is 1.07. The number of nitrogens with one attached hydrogen (secondary N) is 2. The van der Waals surface area contributed by atoms with Crippen molar-refractivity contribution >= 4 is 28.4 Å². The lowest BCUT2D eigenvalue weighted by Crippen LogP contribution is -2.31. The second kappa shape index (κ2) is 7.36. The molecular formula is C19H18N2O2S. The number of amides is 1. The predicted molar refractivity (Wildman–Crippen MR) is 99.6 cm³/mol. The van der Waals surface area contributed by atoms with Crippen molar-refractivity contribution in [3.8, 4) is 0 Å². The fourth-order valence-electron chi connectivity index (χ4n) is 2.64. The van der Waals surface area contributed by atoms with Gasteiger partial charge in [-0.1, -0.05) is 48.5 Å². The van der Waals surface area contributed by atoms with E-state index in [-0.39, 0.29) is 23.2 Å². The van der Waals surface area contributed by atoms with Crippen LogP contribution in [0, 0.1) is 0 Å². The van der Waals surface area contributed by atoms with Gasteiger partial charge in [-0.2, -0.15) is 11.8 Å². The summed E-state index contributed by atoms with van der Waals surface area (Å²) in [6.07, 6.45) is 2.00. The molecule has 24 heavy (non-hydrogen) atoms. The van der Waals surface area contributed by atoms with Crippen LogP contribution in [0.25, 0.3) is 10.8 Å². The molecular weight excluding hydrogens is 320 g/mol. The Hall–Kier alpha value is -2.53. The van der Waals surface area contributed by atoms with Crippen molar-refractivity contribution in [1.82, 2.24) is 10.3 Å². The van der Waals surface area contributed by atoms with E-state index < -0.39 is 0 Å². The molecule has 0 radical (unpaired) electrons. The Balaban J connectivity index is 1.89. The molecule has 3 rings (SSSR count). The van der Waals surface area contributed by atoms with E-state index in [2.05, 4.69) is 10.3 Å². The lowest BCUT2D eigenvalue weighted by molar-refractivity contribution is 0.0935. The number of fused-ring (bicyclic) bond motifs is 1. The zero-order chi connectivity index (χ0) is 16.9. The second-order valence-electron chi connectivity index (χ2n) is 5.49. The number of pyridine rings is 1. The van der Waals surface area contributed by atoms with Gasteiger partial charge in [0.15, 0.2) is 0 Å². The van der Waals surface area contributed by atoms with Crippen molar-refractivity contribution in [2.24, 2.45) is 0 Å². The number of hydrogen-bond acceptors (Lipinski definition) is 3. The summed E-state index contributed by atoms with van der Waals surface area (Å²) in [4.78, 5) is 27.4. The van der Waals surface area contributed by atoms with Crippen LogP contribution in [0.1, 0.15) is 22.1 Å². The van der Waals surface area contributed by atoms with Crippen molar-refractivity contribution < 1.29 is 4.79 Å². The highest BCUT2D eigenvalue weighted by Gasteiger charge is 2.16. The molecule has 0 aliphatic carbocycles. The predicted octanol–water partition coefficient (Wildman–Crippen LogP) is 3.36. The molecule has 122 valence electrons. The molecule has 5 heteroatoms. The molecule has 0 aliphatic rings. The Morgan fingerprint density at radius 3 is 2.58 bits per heavy atom. The molecule has 0 bridgehead atoms. The highest BCUT2D eigenvalue weighted by atomic mass is 32.2. The van der Waals surface area contributed by atoms with Crippen molar-refractivity contribution in [3.05, 3.63) is 82.3 Å². The number of H-pyrrole nitrogens is 1. The van der Waals surface area contributed by atoms with Gasteiger partial charge in [-0.15, -0.1) is 0 Å². The van der Waals surface area contributed by atoms with Crippen molar-refractivity contribution in [2.75, 3.05) is 12.0 Å². The fourth-order valence-corrected chi connectivity index (χ4v) is 3.25. The van der Waals surface area contributed by atoms with Gasteiger partial charge in [-0.3, -0.25) is 9.59 Å². The van der Waals surface area contributed by atoms with Gasteiger partial charge >= 0.3 is 0 Å². The Morgan fingerprint density at radius 2 is 1.83 bits per heavy atom. The highest BCUT2D eigenvalue weighted by Crippen LogP contribution is 2.18. The number of aromatic amines is 1. The normalized spacial score (nSPS) is 12.0. The molecule has 0 saturated heterocycles. The maximum absolute atomic E-state index is 12.6. The van der Waals surface area contributed by atoms with Crippen LogP contribution >= 0.6 is 11.8 Å². The van der Waals surface area contributed by atoms with E-state index in [0.717, 1.165) is 16.7 Å². The van der Waals surface area contributed by atoms with Gasteiger partial charge in [0.1, 0.15) is 5.69 Å². The van der Waals surface area contributed by atoms with Gasteiger partial charge in [-0.05, 0) is 29.3 Å². The van der Waals surface area contributed by atoms with E-state index in [1.54, 1.807) is 30.0 Å². The van der Waals surface area contributed by atoms with Crippen molar-refractivity contribution in [1.29, 1.82) is 0 Å². The average Bonchev–Trinajstić information content (AvgIpc) is 2.62. The van der Waals surface area contributed by atoms with Crippen LogP contribution in [0.4, 0.5) is 0 Å². The van der Waals surface area contributed by atoms with Gasteiger partial charge in [0.2, 0.25) is 0 Å². The van der Waals surface area contributed by atoms with Crippen LogP contribution in [0.5, 0.6) is 0 Å². The first kappa shape index (κ1) is 16.3. The van der Waals surface area contributed by atoms with E-state index in [9.17, 15) is 9.59 Å². The Bertz CT molecular complexity index is 906. The van der Waals surface area contributed by atoms with Crippen molar-refractivity contribution in [3.63, 3.8) is 0 Å². The molecule has 1 atom stereocenters. The van der Waals surface area contributed by atoms with Gasteiger partial charge < -0.3 is 10.3 Å². The summed E-state index contributed by atoms with van der Waals surface area (Å²) in [5.74, 6) is 0.480. The van der Waals surface area contributed by atoms with Crippen LogP contribution in [0.3, 0.4) is 0 Å². The summed E-state index contributed by atoms with van der Waals surface area (Å²) < 4.78 is 0. The number of carbonyl (C=O) groups is 1. The fraction of sp³-hybridized carbons (Fsp3) is 0.158. The number of carbonyl (C=O) groups excluding carboxylic acids is 1. The second-order valence-corrected chi connectivity index (χ2v) is 6.40. The average molecular weight is 338 g/mol. The Labute approximate surface area is 144 Å². The minimum atomic E-state index is -0.277. The Morgan fingerprint density at radius 1 is 1.12 bits per heavy atom. The Kier molecular flexibility index (Phi) is 5.01. The lowest BCUT2D eigenvalue weighted by atomic mass is 10.1. The molecule has 3 aromatic rings. The quantitative estimate of drug-likeness (QED) is 0.750. The molecule has 1 aromatic heterocycles. The third-order valence-corrected chi connectivity index (χ3v) is 4.51. The molecule has 0 spiro atoms. The zero-order valence-corrected chi connectivity index (χ0v) is 14.1. The van der Waals surface area contributed by atoms with Gasteiger partial charge in [-0.25, -0.2) is 0 Å². The summed E-state index contributed by atoms with van der Waals surface area (Å²) in [6.45, 7) is 0. The minimum absolute atomic E-state index is 0.108. The van der Waals surface area contributed by atoms with Crippen LogP contribution in [0.2, 0.25) is 0 Å². The topological polar surface area (TPSA) is 62.0 Å². The molecule has 0 saturated carbocycles. The van der Waals surface area contributed by atoms with Crippen LogP contribution in [-0.2, 0) is 0 Å². The number of benzene rings is 2. The largest absolute Gasteiger partial charge is 0.343 e. The van der Waals surface area contributed by atoms with E-state index in [0.29, 0.717) is 5.39 Å². The minimum Gasteiger partial charge on any atom is -0.343 e. The first-order chi connectivity index (χ1) is 11.7. The number of aromatic nitrogens is 1. The van der Waals surface area contributed by atoms with Crippen LogP contribution in [0.15, 0.2) is 65.5 Å². The lowest BCUT2D eigenvalue weighted by Gasteiger charge is -2.18. The summed E-state index contributed by atoms with van der Waals surface area (Å²) in [6, 6.07) is 18.7. The SMILES string of the molecule is CSCC(NC(=O)c1cc2ccccc2c(=O)[nH]1)c1ccccc1. The molecule has 2 N–H and O–H groups in total. The molecule has 4 nitrogen and oxygen atoms in total. The van der Waals surface area contributed by atoms with Gasteiger partial charge in [0.05, 0.1) is 6.04 Å². The third-order valence-electron chi connectivity index (χ3n) is 3.84. The smallest absolute Gasteiger partial charge is 0.268 e. The highest BCUT2D eigenvalue weighted by molar-refractivity contribution is 7.98. The van der Waals surface area contributed by atoms with Crippen LogP contribution in [-0.4, -0.2) is 22.9 Å². The first-order valence-electron chi connectivity index (χ1n) is 7.66. The maximum atomic E-state index is 12.6. The first-order valence-corrected chi connectivity index (χ1v) is 9.05. The molecule has 0 fully saturated rings.